The Kier molecular flexibility index (Phi) is 43.9. The zero-order chi connectivity index (χ0) is 80.9. The molecule has 584 valence electrons. The average molecular weight is 1600 g/mol. The molecule has 0 saturated carbocycles. The average Bonchev–Trinajstić information content (AvgIpc) is 1.77. The molecule has 3 N–H and O–H groups in total. The van der Waals surface area contributed by atoms with Crippen LogP contribution in [0.4, 0.5) is 0 Å². The molecule has 117 heavy (non-hydrogen) atoms. The minimum atomic E-state index is 0.778. The Labute approximate surface area is 686 Å². The number of H-pyrrole nitrogens is 3. The van der Waals surface area contributed by atoms with Crippen molar-refractivity contribution in [2.45, 2.75) is 6.42 Å². The Hall–Kier alpha value is -15.7. The summed E-state index contributed by atoms with van der Waals surface area (Å²) in [5.74, 6) is 0. The van der Waals surface area contributed by atoms with Gasteiger partial charge in [-0.3, -0.25) is 30.0 Å². The van der Waals surface area contributed by atoms with E-state index in [1.807, 2.05) is 239 Å². The molecule has 19 heterocycles. The number of rotatable bonds is 0. The Morgan fingerprint density at radius 3 is 1.50 bits per heavy atom. The lowest BCUT2D eigenvalue weighted by atomic mass is 10.2. The summed E-state index contributed by atoms with van der Waals surface area (Å²) in [6.07, 6.45) is 66.9. The van der Waals surface area contributed by atoms with Gasteiger partial charge in [-0.25, -0.2) is 38.9 Å². The molecule has 4 aromatic carbocycles. The van der Waals surface area contributed by atoms with Gasteiger partial charge >= 0.3 is 0 Å². The number of pyridine rings is 1. The number of aromatic amines is 3. The fraction of sp³-hybridized carbons (Fsp3) is 0.0227. The number of hydrogen-bond donors (Lipinski definition) is 3. The summed E-state index contributed by atoms with van der Waals surface area (Å²) in [6.45, 7) is 0.778. The van der Waals surface area contributed by atoms with E-state index < -0.39 is 0 Å². The van der Waals surface area contributed by atoms with Gasteiger partial charge in [0.25, 0.3) is 0 Å². The van der Waals surface area contributed by atoms with Crippen molar-refractivity contribution in [1.82, 2.24) is 109 Å². The molecule has 26 nitrogen and oxygen atoms in total. The SMILES string of the molecule is C1=CCC=C1.C1=CN=NC1.c1ccc2[nH]ccc2c1.c1ccc2[nH]ncc2c1.c1ccc2c[nH]cc2c1.c1ccc2scnc2c1.c1ccncc1.c1ccnnc1.c1ccoc1.c1ccoc1.c1ccsc1.c1cn2ccnc2cn1.c1cnc2ccnn2c1.c1cnccn1.c1cncnc1.c1cnn2ccnc2c1.c1cscn1. The monoisotopic (exact) mass is 1600 g/mol. The maximum atomic E-state index is 4.58. The molecule has 0 atom stereocenters. The minimum absolute atomic E-state index is 0.778. The lowest BCUT2D eigenvalue weighted by Gasteiger charge is -1.86. The van der Waals surface area contributed by atoms with Gasteiger partial charge < -0.3 is 23.2 Å². The van der Waals surface area contributed by atoms with Crippen molar-refractivity contribution >= 4 is 93.7 Å². The van der Waals surface area contributed by atoms with Crippen LogP contribution in [0.1, 0.15) is 6.42 Å². The summed E-state index contributed by atoms with van der Waals surface area (Å²) >= 11 is 4.99. The van der Waals surface area contributed by atoms with Crippen LogP contribution in [0.2, 0.25) is 0 Å². The van der Waals surface area contributed by atoms with E-state index >= 15 is 0 Å². The first-order valence-electron chi connectivity index (χ1n) is 35.7. The third kappa shape index (κ3) is 39.2. The van der Waals surface area contributed by atoms with Gasteiger partial charge in [0.15, 0.2) is 16.9 Å². The number of fused-ring (bicyclic) bond motifs is 7. The lowest BCUT2D eigenvalue weighted by Crippen LogP contribution is -1.85. The molecule has 2 aliphatic rings. The molecule has 22 aromatic rings. The summed E-state index contributed by atoms with van der Waals surface area (Å²) in [5, 5.41) is 39.9. The first-order chi connectivity index (χ1) is 58.3. The van der Waals surface area contributed by atoms with Gasteiger partial charge in [0.1, 0.15) is 6.33 Å². The second-order valence-corrected chi connectivity index (χ2v) is 24.4. The quantitative estimate of drug-likeness (QED) is 0.127. The maximum Gasteiger partial charge on any atom is 0.155 e. The summed E-state index contributed by atoms with van der Waals surface area (Å²) in [7, 11) is 0. The summed E-state index contributed by atoms with van der Waals surface area (Å²) in [5.41, 5.74) is 9.72. The second kappa shape index (κ2) is 59.1. The van der Waals surface area contributed by atoms with E-state index in [1.165, 1.54) is 32.7 Å². The molecule has 1 aliphatic heterocycles. The van der Waals surface area contributed by atoms with Crippen molar-refractivity contribution in [2.75, 3.05) is 6.54 Å². The van der Waals surface area contributed by atoms with Gasteiger partial charge in [-0.05, 0) is 143 Å². The van der Waals surface area contributed by atoms with Crippen molar-refractivity contribution in [3.05, 3.63) is 456 Å². The van der Waals surface area contributed by atoms with E-state index in [1.54, 1.807) is 197 Å². The van der Waals surface area contributed by atoms with Crippen LogP contribution < -0.4 is 0 Å². The lowest BCUT2D eigenvalue weighted by molar-refractivity contribution is 0.567. The van der Waals surface area contributed by atoms with Crippen LogP contribution in [0.15, 0.2) is 475 Å². The molecule has 0 radical (unpaired) electrons. The smallest absolute Gasteiger partial charge is 0.155 e. The normalized spacial score (nSPS) is 10.0. The first kappa shape index (κ1) is 86.9. The van der Waals surface area contributed by atoms with Crippen LogP contribution in [0.25, 0.3) is 59.7 Å². The maximum absolute atomic E-state index is 4.58. The van der Waals surface area contributed by atoms with Crippen molar-refractivity contribution < 1.29 is 8.83 Å². The molecule has 0 spiro atoms. The van der Waals surface area contributed by atoms with E-state index in [-0.39, 0.29) is 0 Å². The predicted octanol–water partition coefficient (Wildman–Crippen LogP) is 20.8. The fourth-order valence-corrected chi connectivity index (χ4v) is 10.0. The van der Waals surface area contributed by atoms with Crippen molar-refractivity contribution in [3.8, 4) is 0 Å². The standard InChI is InChI=1S/2C8H7N.C7H6N2.C7H5NS.3C6H5N3.C5H5N.C5H6.3C4H4N2.2C4H4O.C4H4S.C3H4N2.C3H3NS/c1-2-4-8-6-9-5-7(8)3-1;1-2-4-8-7(3-1)5-6-9-8;1-2-4-7-6(3-1)5-8-9-7;1-2-4-7-6(3-1)8-5-9-7;1-3-9-4-2-8-6(9)5-7-1;1-3-7-6-2-4-8-9(6)5-1;1-2-6-7-4-5-9(6)8-3-1;1-2-4-6-5-3-1;1-2-4-5-3-1;1-2-6-4-3-5-1;1-2-5-4-6-3-1;1-2-4-6-5-3-1;4*1-2-4-5-3-1;1-2-5-3-4-1/h2*1-6,9H;1-5H,(H,8,9);4*1-5H;1-5H;1-4H,5H2;3*1-4H;3*1-4H;1-2H,3H2;1-3H. The van der Waals surface area contributed by atoms with E-state index in [9.17, 15) is 0 Å². The molecule has 0 bridgehead atoms. The fourth-order valence-electron chi connectivity index (χ4n) is 8.53. The molecule has 0 unspecified atom stereocenters. The predicted molar refractivity (Wildman–Crippen MR) is 467 cm³/mol. The molecule has 24 rings (SSSR count). The first-order valence-corrected chi connectivity index (χ1v) is 38.5. The Morgan fingerprint density at radius 2 is 0.991 bits per heavy atom. The number of nitrogens with zero attached hydrogens (tertiary/aromatic N) is 21. The zero-order valence-corrected chi connectivity index (χ0v) is 65.6. The van der Waals surface area contributed by atoms with Gasteiger partial charge in [0.2, 0.25) is 0 Å². The summed E-state index contributed by atoms with van der Waals surface area (Å²) < 4.78 is 15.8. The van der Waals surface area contributed by atoms with Crippen LogP contribution in [0.3, 0.4) is 0 Å². The van der Waals surface area contributed by atoms with Gasteiger partial charge in [0, 0.05) is 171 Å². The minimum Gasteiger partial charge on any atom is -0.473 e. The number of thiophene rings is 1. The van der Waals surface area contributed by atoms with Crippen LogP contribution >= 0.6 is 34.0 Å². The summed E-state index contributed by atoms with van der Waals surface area (Å²) in [6, 6.07) is 64.7. The highest BCUT2D eigenvalue weighted by Gasteiger charge is 1.93. The number of furan rings is 2. The Bertz CT molecular complexity index is 4670. The number of para-hydroxylation sites is 3. The summed E-state index contributed by atoms with van der Waals surface area (Å²) in [4.78, 5) is 48.6. The van der Waals surface area contributed by atoms with E-state index in [0.29, 0.717) is 0 Å². The zero-order valence-electron chi connectivity index (χ0n) is 63.1. The number of azo groups is 1. The second-order valence-electron chi connectivity index (χ2n) is 21.9. The van der Waals surface area contributed by atoms with E-state index in [0.717, 1.165) is 46.3 Å². The highest BCUT2D eigenvalue weighted by atomic mass is 32.1. The topological polar surface area (TPSA) is 318 Å². The molecular formula is C88H82N24O2S3. The number of allylic oxidation sites excluding steroid dienone is 4. The number of thiazole rings is 2. The molecule has 1 aliphatic carbocycles. The van der Waals surface area contributed by atoms with Crippen molar-refractivity contribution in [2.24, 2.45) is 10.2 Å². The van der Waals surface area contributed by atoms with Crippen molar-refractivity contribution in [3.63, 3.8) is 0 Å². The largest absolute Gasteiger partial charge is 0.473 e. The number of benzene rings is 4. The number of nitrogens with one attached hydrogen (secondary N) is 3. The number of hydrogen-bond acceptors (Lipinski definition) is 23. The van der Waals surface area contributed by atoms with Crippen LogP contribution in [0.5, 0.6) is 0 Å². The van der Waals surface area contributed by atoms with Gasteiger partial charge in [-0.1, -0.05) is 115 Å². The molecule has 18 aromatic heterocycles. The van der Waals surface area contributed by atoms with Gasteiger partial charge in [0.05, 0.1) is 76.9 Å². The third-order valence-electron chi connectivity index (χ3n) is 13.8. The molecular weight excluding hydrogens is 1520 g/mol. The highest BCUT2D eigenvalue weighted by Crippen LogP contribution is 2.16. The van der Waals surface area contributed by atoms with E-state index in [4.69, 9.17) is 0 Å². The van der Waals surface area contributed by atoms with Gasteiger partial charge in [-0.15, -0.1) is 22.7 Å². The molecule has 0 fully saturated rings. The number of aromatic nitrogens is 22. The van der Waals surface area contributed by atoms with Gasteiger partial charge in [-0.2, -0.15) is 47.1 Å². The van der Waals surface area contributed by atoms with Crippen molar-refractivity contribution in [1.29, 1.82) is 0 Å². The van der Waals surface area contributed by atoms with Crippen LogP contribution in [-0.4, -0.2) is 115 Å². The van der Waals surface area contributed by atoms with E-state index in [2.05, 4.69) is 175 Å². The molecule has 0 amide bonds. The van der Waals surface area contributed by atoms with Crippen LogP contribution in [0, 0.1) is 0 Å². The van der Waals surface area contributed by atoms with Crippen LogP contribution in [-0.2, 0) is 0 Å². The number of imidazole rings is 2. The molecule has 0 saturated heterocycles. The molecule has 29 heteroatoms. The Morgan fingerprint density at radius 1 is 0.376 bits per heavy atom. The highest BCUT2D eigenvalue weighted by molar-refractivity contribution is 7.16. The third-order valence-corrected chi connectivity index (χ3v) is 15.8. The Balaban J connectivity index is 0.000000156.